The Morgan fingerprint density at radius 1 is 1.17 bits per heavy atom. The van der Waals surface area contributed by atoms with E-state index in [1.807, 2.05) is 0 Å². The molecule has 0 N–H and O–H groups in total. The van der Waals surface area contributed by atoms with Crippen LogP contribution in [0.25, 0.3) is 0 Å². The van der Waals surface area contributed by atoms with Crippen molar-refractivity contribution >= 4 is 29.9 Å². The van der Waals surface area contributed by atoms with Gasteiger partial charge in [0.05, 0.1) is 8.80 Å². The summed E-state index contributed by atoms with van der Waals surface area (Å²) in [5.41, 5.74) is 2.23. The van der Waals surface area contributed by atoms with Gasteiger partial charge in [0.25, 0.3) is 0 Å². The Kier molecular flexibility index (Phi) is 18.1. The minimum absolute atomic E-state index is 0.230. The van der Waals surface area contributed by atoms with Crippen molar-refractivity contribution in [3.63, 3.8) is 0 Å². The predicted octanol–water partition coefficient (Wildman–Crippen LogP) is 3.55. The van der Waals surface area contributed by atoms with Crippen molar-refractivity contribution in [1.82, 2.24) is 0 Å². The fourth-order valence-electron chi connectivity index (χ4n) is 1.12. The van der Waals surface area contributed by atoms with Crippen LogP contribution in [0.1, 0.15) is 26.7 Å². The zero-order valence-electron chi connectivity index (χ0n) is 9.19. The van der Waals surface area contributed by atoms with Gasteiger partial charge in [0.1, 0.15) is 0 Å². The summed E-state index contributed by atoms with van der Waals surface area (Å²) in [4.78, 5) is 4.59. The van der Waals surface area contributed by atoms with Crippen LogP contribution >= 0.6 is 0 Å². The summed E-state index contributed by atoms with van der Waals surface area (Å²) in [6, 6.07) is 2.91. The molecule has 2 heteroatoms. The van der Waals surface area contributed by atoms with Gasteiger partial charge in [-0.25, -0.2) is 0 Å². The first kappa shape index (κ1) is 15.2. The molecule has 0 spiro atoms. The van der Waals surface area contributed by atoms with E-state index in [4.69, 9.17) is 0 Å². The molecular formula is C10H24SiSn. The average Bonchev–Trinajstić information content (AvgIpc) is 2.05. The summed E-state index contributed by atoms with van der Waals surface area (Å²) in [5.74, 6) is 0. The van der Waals surface area contributed by atoms with Crippen LogP contribution in [-0.4, -0.2) is 29.9 Å². The molecule has 72 valence electrons. The minimum atomic E-state index is -0.449. The van der Waals surface area contributed by atoms with Crippen LogP contribution in [0.4, 0.5) is 0 Å². The quantitative estimate of drug-likeness (QED) is 0.680. The Morgan fingerprint density at radius 3 is 1.67 bits per heavy atom. The van der Waals surface area contributed by atoms with Crippen LogP contribution in [0.2, 0.25) is 22.0 Å². The first-order chi connectivity index (χ1) is 5.76. The van der Waals surface area contributed by atoms with Gasteiger partial charge in [0, 0.05) is 0 Å². The Morgan fingerprint density at radius 2 is 1.50 bits per heavy atom. The Bertz CT molecular complexity index is 77.9. The fraction of sp³-hybridized carbons (Fsp3) is 0.800. The summed E-state index contributed by atoms with van der Waals surface area (Å²) < 4.78 is 0. The molecule has 12 heavy (non-hydrogen) atoms. The molecular weight excluding hydrogens is 267 g/mol. The maximum absolute atomic E-state index is 3.86. The van der Waals surface area contributed by atoms with Gasteiger partial charge in [0.15, 0.2) is 0 Å². The Hall–Kier alpha value is 0.756. The van der Waals surface area contributed by atoms with Crippen molar-refractivity contribution in [3.05, 3.63) is 12.3 Å². The van der Waals surface area contributed by atoms with Gasteiger partial charge < -0.3 is 0 Å². The topological polar surface area (TPSA) is 0 Å². The van der Waals surface area contributed by atoms with Gasteiger partial charge in [-0.05, 0) is 0 Å². The first-order valence-corrected chi connectivity index (χ1v) is 13.0. The molecule has 0 aromatic rings. The first-order valence-electron chi connectivity index (χ1n) is 4.97. The molecule has 0 aromatic heterocycles. The van der Waals surface area contributed by atoms with Crippen LogP contribution < -0.4 is 0 Å². The van der Waals surface area contributed by atoms with Crippen molar-refractivity contribution in [2.75, 3.05) is 0 Å². The third kappa shape index (κ3) is 13.4. The van der Waals surface area contributed by atoms with Crippen LogP contribution in [0, 0.1) is 0 Å². The van der Waals surface area contributed by atoms with Crippen molar-refractivity contribution in [2.45, 2.75) is 48.7 Å². The van der Waals surface area contributed by atoms with Crippen molar-refractivity contribution in [1.29, 1.82) is 0 Å². The zero-order valence-corrected chi connectivity index (χ0v) is 13.2. The standard InChI is InChI=1S/C8H18Si.2CH3.Sn/c1-4-7-9(6-3)8-5-2;;;/h6,9H,3-5,7-8H2,1-2H3;2*1H3;. The van der Waals surface area contributed by atoms with Gasteiger partial charge in [-0.3, -0.25) is 0 Å². The maximum atomic E-state index is 3.86. The molecule has 0 saturated carbocycles. The molecule has 0 aromatic carbocycles. The molecule has 0 rings (SSSR count). The zero-order chi connectivity index (χ0) is 9.82. The second kappa shape index (κ2) is 14.3. The van der Waals surface area contributed by atoms with Crippen molar-refractivity contribution in [2.24, 2.45) is 0 Å². The van der Waals surface area contributed by atoms with Gasteiger partial charge in [-0.2, -0.15) is 0 Å². The molecule has 0 aliphatic carbocycles. The number of hydrogen-bond acceptors (Lipinski definition) is 0. The Balaban J connectivity index is 0. The fourth-order valence-corrected chi connectivity index (χ4v) is 3.36. The van der Waals surface area contributed by atoms with Crippen LogP contribution in [-0.2, 0) is 0 Å². The van der Waals surface area contributed by atoms with E-state index >= 15 is 0 Å². The van der Waals surface area contributed by atoms with Gasteiger partial charge in [0.2, 0.25) is 0 Å². The molecule has 0 heterocycles. The van der Waals surface area contributed by atoms with Crippen LogP contribution in [0.15, 0.2) is 12.3 Å². The molecule has 2 radical (unpaired) electrons. The molecule has 0 aliphatic rings. The molecule has 0 amide bonds. The molecule has 0 atom stereocenters. The van der Waals surface area contributed by atoms with E-state index < -0.39 is 8.80 Å². The predicted molar refractivity (Wildman–Crippen MR) is 65.0 cm³/mol. The molecule has 0 bridgehead atoms. The summed E-state index contributed by atoms with van der Waals surface area (Å²) in [6.07, 6.45) is 2.70. The summed E-state index contributed by atoms with van der Waals surface area (Å²) >= 11 is 0.230. The van der Waals surface area contributed by atoms with Crippen LogP contribution in [0.3, 0.4) is 0 Å². The summed E-state index contributed by atoms with van der Waals surface area (Å²) in [7, 11) is -0.449. The Labute approximate surface area is 90.7 Å². The van der Waals surface area contributed by atoms with Gasteiger partial charge in [-0.1, -0.05) is 38.8 Å². The third-order valence-electron chi connectivity index (χ3n) is 1.65. The molecule has 0 saturated heterocycles. The number of rotatable bonds is 5. The molecule has 0 nitrogen and oxygen atoms in total. The van der Waals surface area contributed by atoms with E-state index in [0.717, 1.165) is 0 Å². The van der Waals surface area contributed by atoms with Gasteiger partial charge in [-0.15, -0.1) is 12.3 Å². The van der Waals surface area contributed by atoms with E-state index in [0.29, 0.717) is 0 Å². The van der Waals surface area contributed by atoms with Crippen molar-refractivity contribution < 1.29 is 0 Å². The van der Waals surface area contributed by atoms with E-state index in [-0.39, 0.29) is 21.1 Å². The SMILES string of the molecule is C=C[SiH](CCC)CCC.[CH3][Sn][CH3]. The van der Waals surface area contributed by atoms with E-state index in [9.17, 15) is 0 Å². The van der Waals surface area contributed by atoms with Crippen molar-refractivity contribution in [3.8, 4) is 0 Å². The van der Waals surface area contributed by atoms with E-state index in [2.05, 4.69) is 36.0 Å². The second-order valence-corrected chi connectivity index (χ2v) is 9.07. The van der Waals surface area contributed by atoms with Crippen LogP contribution in [0.5, 0.6) is 0 Å². The molecule has 0 aliphatic heterocycles. The molecule has 0 unspecified atom stereocenters. The van der Waals surface area contributed by atoms with Gasteiger partial charge >= 0.3 is 31.0 Å². The van der Waals surface area contributed by atoms with E-state index in [1.165, 1.54) is 24.9 Å². The summed E-state index contributed by atoms with van der Waals surface area (Å²) in [6.45, 7) is 8.39. The second-order valence-electron chi connectivity index (χ2n) is 3.07. The third-order valence-corrected chi connectivity index (χ3v) is 4.96. The number of hydrogen-bond donors (Lipinski definition) is 0. The monoisotopic (exact) mass is 292 g/mol. The van der Waals surface area contributed by atoms with E-state index in [1.54, 1.807) is 0 Å². The normalized spacial score (nSPS) is 9.08. The molecule has 0 fully saturated rings. The average molecular weight is 291 g/mol. The summed E-state index contributed by atoms with van der Waals surface area (Å²) in [5, 5.41) is 0.